The monoisotopic (exact) mass is 212 g/mol. The molecule has 0 N–H and O–H groups in total. The molecule has 0 nitrogen and oxygen atoms in total. The Bertz CT molecular complexity index is 191. The predicted octanol–water partition coefficient (Wildman–Crippen LogP) is 4.63. The van der Waals surface area contributed by atoms with Gasteiger partial charge in [0, 0.05) is 5.25 Å². The number of thiol groups is 1. The summed E-state index contributed by atoms with van der Waals surface area (Å²) in [4.78, 5) is 0. The molecular formula is C13H24S. The van der Waals surface area contributed by atoms with Gasteiger partial charge in [0.1, 0.15) is 0 Å². The summed E-state index contributed by atoms with van der Waals surface area (Å²) >= 11 is 4.51. The highest BCUT2D eigenvalue weighted by Gasteiger charge is 2.18. The van der Waals surface area contributed by atoms with E-state index in [1.807, 2.05) is 6.08 Å². The fourth-order valence-corrected chi connectivity index (χ4v) is 1.52. The average Bonchev–Trinajstić information content (AvgIpc) is 2.11. The van der Waals surface area contributed by atoms with Gasteiger partial charge in [-0.3, -0.25) is 0 Å². The van der Waals surface area contributed by atoms with E-state index in [1.165, 1.54) is 18.4 Å². The zero-order valence-electron chi connectivity index (χ0n) is 9.84. The van der Waals surface area contributed by atoms with Gasteiger partial charge in [0.2, 0.25) is 0 Å². The molecule has 0 heterocycles. The van der Waals surface area contributed by atoms with Crippen molar-refractivity contribution < 1.29 is 0 Å². The molecule has 0 aliphatic rings. The van der Waals surface area contributed by atoms with E-state index < -0.39 is 0 Å². The van der Waals surface area contributed by atoms with Crippen LogP contribution in [0.15, 0.2) is 24.8 Å². The maximum absolute atomic E-state index is 4.51. The van der Waals surface area contributed by atoms with Gasteiger partial charge in [0.05, 0.1) is 0 Å². The van der Waals surface area contributed by atoms with Crippen molar-refractivity contribution in [2.75, 3.05) is 0 Å². The third-order valence-electron chi connectivity index (χ3n) is 2.69. The fraction of sp³-hybridized carbons (Fsp3) is 0.692. The minimum Gasteiger partial charge on any atom is -0.171 e. The fourth-order valence-electron chi connectivity index (χ4n) is 1.39. The molecule has 0 aliphatic heterocycles. The van der Waals surface area contributed by atoms with Gasteiger partial charge in [0.15, 0.2) is 0 Å². The Hall–Kier alpha value is -0.170. The van der Waals surface area contributed by atoms with E-state index in [0.29, 0.717) is 10.7 Å². The van der Waals surface area contributed by atoms with Crippen LogP contribution in [0.2, 0.25) is 0 Å². The summed E-state index contributed by atoms with van der Waals surface area (Å²) in [6.45, 7) is 14.4. The summed E-state index contributed by atoms with van der Waals surface area (Å²) < 4.78 is 0. The Morgan fingerprint density at radius 3 is 2.43 bits per heavy atom. The molecule has 1 heteroatoms. The summed E-state index contributed by atoms with van der Waals surface area (Å²) in [5, 5.41) is 0.359. The third-order valence-corrected chi connectivity index (χ3v) is 3.39. The van der Waals surface area contributed by atoms with Crippen LogP contribution in [0.4, 0.5) is 0 Å². The molecule has 0 aromatic heterocycles. The van der Waals surface area contributed by atoms with E-state index in [0.717, 1.165) is 12.8 Å². The van der Waals surface area contributed by atoms with E-state index in [-0.39, 0.29) is 0 Å². The highest BCUT2D eigenvalue weighted by Crippen LogP contribution is 2.30. The SMILES string of the molecule is C=CCCC(C)(C)CCC(S)C(=C)C. The van der Waals surface area contributed by atoms with Crippen LogP contribution in [-0.2, 0) is 0 Å². The van der Waals surface area contributed by atoms with E-state index in [2.05, 4.69) is 46.6 Å². The zero-order valence-corrected chi connectivity index (χ0v) is 10.7. The number of rotatable bonds is 7. The van der Waals surface area contributed by atoms with E-state index in [9.17, 15) is 0 Å². The lowest BCUT2D eigenvalue weighted by Gasteiger charge is -2.25. The van der Waals surface area contributed by atoms with Crippen LogP contribution in [0.5, 0.6) is 0 Å². The molecule has 82 valence electrons. The van der Waals surface area contributed by atoms with Gasteiger partial charge < -0.3 is 0 Å². The zero-order chi connectivity index (χ0) is 11.2. The lowest BCUT2D eigenvalue weighted by Crippen LogP contribution is -2.13. The third kappa shape index (κ3) is 6.31. The van der Waals surface area contributed by atoms with Gasteiger partial charge in [-0.05, 0) is 38.0 Å². The van der Waals surface area contributed by atoms with Gasteiger partial charge >= 0.3 is 0 Å². The largest absolute Gasteiger partial charge is 0.171 e. The first-order chi connectivity index (χ1) is 6.39. The van der Waals surface area contributed by atoms with Crippen LogP contribution in [-0.4, -0.2) is 5.25 Å². The first kappa shape index (κ1) is 13.8. The lowest BCUT2D eigenvalue weighted by molar-refractivity contribution is 0.303. The molecule has 1 unspecified atom stereocenters. The molecule has 0 bridgehead atoms. The minimum atomic E-state index is 0.359. The number of hydrogen-bond acceptors (Lipinski definition) is 1. The molecule has 0 aromatic rings. The molecule has 0 saturated carbocycles. The van der Waals surface area contributed by atoms with Crippen molar-refractivity contribution >= 4 is 12.6 Å². The van der Waals surface area contributed by atoms with Crippen LogP contribution < -0.4 is 0 Å². The van der Waals surface area contributed by atoms with Crippen LogP contribution in [0.25, 0.3) is 0 Å². The van der Waals surface area contributed by atoms with Gasteiger partial charge in [-0.25, -0.2) is 0 Å². The van der Waals surface area contributed by atoms with Crippen molar-refractivity contribution in [2.45, 2.75) is 51.7 Å². The standard InChI is InChI=1S/C13H24S/c1-6-7-9-13(4,5)10-8-12(14)11(2)3/h6,12,14H,1-2,7-10H2,3-5H3. The maximum atomic E-state index is 4.51. The van der Waals surface area contributed by atoms with Crippen LogP contribution in [0, 0.1) is 5.41 Å². The van der Waals surface area contributed by atoms with Crippen molar-refractivity contribution in [1.82, 2.24) is 0 Å². The number of allylic oxidation sites excluding steroid dienone is 1. The van der Waals surface area contributed by atoms with Gasteiger partial charge in [-0.15, -0.1) is 6.58 Å². The maximum Gasteiger partial charge on any atom is 0.0221 e. The highest BCUT2D eigenvalue weighted by atomic mass is 32.1. The average molecular weight is 212 g/mol. The summed E-state index contributed by atoms with van der Waals surface area (Å²) in [6, 6.07) is 0. The molecule has 0 aromatic carbocycles. The van der Waals surface area contributed by atoms with Gasteiger partial charge in [0.25, 0.3) is 0 Å². The lowest BCUT2D eigenvalue weighted by atomic mass is 9.82. The summed E-state index contributed by atoms with van der Waals surface area (Å²) in [7, 11) is 0. The quantitative estimate of drug-likeness (QED) is 0.461. The van der Waals surface area contributed by atoms with E-state index in [4.69, 9.17) is 0 Å². The second-order valence-electron chi connectivity index (χ2n) is 4.89. The van der Waals surface area contributed by atoms with Crippen molar-refractivity contribution in [3.63, 3.8) is 0 Å². The Morgan fingerprint density at radius 1 is 1.43 bits per heavy atom. The molecule has 0 amide bonds. The minimum absolute atomic E-state index is 0.359. The first-order valence-electron chi connectivity index (χ1n) is 5.33. The first-order valence-corrected chi connectivity index (χ1v) is 5.85. The molecule has 0 saturated heterocycles. The Balaban J connectivity index is 3.85. The van der Waals surface area contributed by atoms with Crippen molar-refractivity contribution in [3.8, 4) is 0 Å². The molecule has 1 atom stereocenters. The van der Waals surface area contributed by atoms with Crippen molar-refractivity contribution in [1.29, 1.82) is 0 Å². The van der Waals surface area contributed by atoms with E-state index >= 15 is 0 Å². The van der Waals surface area contributed by atoms with Crippen LogP contribution in [0.3, 0.4) is 0 Å². The number of hydrogen-bond donors (Lipinski definition) is 1. The van der Waals surface area contributed by atoms with Gasteiger partial charge in [-0.1, -0.05) is 32.1 Å². The summed E-state index contributed by atoms with van der Waals surface area (Å²) in [6.07, 6.45) is 6.66. The van der Waals surface area contributed by atoms with Crippen LogP contribution in [0.1, 0.15) is 46.5 Å². The molecule has 0 aliphatic carbocycles. The molecular weight excluding hydrogens is 188 g/mol. The molecule has 0 fully saturated rings. The van der Waals surface area contributed by atoms with E-state index in [1.54, 1.807) is 0 Å². The van der Waals surface area contributed by atoms with Crippen molar-refractivity contribution in [2.24, 2.45) is 5.41 Å². The Morgan fingerprint density at radius 2 is 2.00 bits per heavy atom. The van der Waals surface area contributed by atoms with Gasteiger partial charge in [-0.2, -0.15) is 12.6 Å². The predicted molar refractivity (Wildman–Crippen MR) is 70.0 cm³/mol. The molecule has 14 heavy (non-hydrogen) atoms. The summed E-state index contributed by atoms with van der Waals surface area (Å²) in [5.74, 6) is 0. The topological polar surface area (TPSA) is 0 Å². The van der Waals surface area contributed by atoms with Crippen LogP contribution >= 0.6 is 12.6 Å². The van der Waals surface area contributed by atoms with Crippen molar-refractivity contribution in [3.05, 3.63) is 24.8 Å². The molecule has 0 spiro atoms. The Kier molecular flexibility index (Phi) is 6.26. The smallest absolute Gasteiger partial charge is 0.0221 e. The second-order valence-corrected chi connectivity index (χ2v) is 5.52. The summed E-state index contributed by atoms with van der Waals surface area (Å²) in [5.41, 5.74) is 1.58. The molecule has 0 radical (unpaired) electrons. The Labute approximate surface area is 94.9 Å². The highest BCUT2D eigenvalue weighted by molar-refractivity contribution is 7.81. The second kappa shape index (κ2) is 6.34. The molecule has 0 rings (SSSR count). The normalized spacial score (nSPS) is 13.7.